The van der Waals surface area contributed by atoms with Crippen molar-refractivity contribution in [1.29, 1.82) is 0 Å². The average Bonchev–Trinajstić information content (AvgIpc) is 3.14. The number of hydrogen-bond donors (Lipinski definition) is 1. The third-order valence-corrected chi connectivity index (χ3v) is 5.66. The van der Waals surface area contributed by atoms with Crippen LogP contribution in [0.25, 0.3) is 33.1 Å². The topological polar surface area (TPSA) is 72.3 Å². The molecule has 1 N–H and O–H groups in total. The summed E-state index contributed by atoms with van der Waals surface area (Å²) in [6, 6.07) is 23.2. The van der Waals surface area contributed by atoms with Gasteiger partial charge in [0.2, 0.25) is 0 Å². The first kappa shape index (κ1) is 19.8. The molecule has 0 fully saturated rings. The van der Waals surface area contributed by atoms with Crippen LogP contribution in [0.5, 0.6) is 5.75 Å². The molecule has 0 aliphatic heterocycles. The largest absolute Gasteiger partial charge is 0.426 e. The van der Waals surface area contributed by atoms with Crippen molar-refractivity contribution in [2.24, 2.45) is 0 Å². The van der Waals surface area contributed by atoms with Crippen LogP contribution in [0, 0.1) is 6.92 Å². The van der Waals surface area contributed by atoms with Gasteiger partial charge in [-0.15, -0.1) is 0 Å². The molecule has 5 heteroatoms. The Labute approximate surface area is 184 Å². The molecule has 32 heavy (non-hydrogen) atoms. The molecule has 2 heterocycles. The number of rotatable bonds is 4. The number of ether oxygens (including phenoxy) is 1. The number of H-pyrrole nitrogens is 1. The van der Waals surface area contributed by atoms with Crippen LogP contribution in [-0.2, 0) is 11.2 Å². The molecular formula is C27H21NO4. The van der Waals surface area contributed by atoms with Crippen LogP contribution < -0.4 is 10.4 Å². The molecule has 0 aliphatic carbocycles. The molecule has 5 nitrogen and oxygen atoms in total. The first-order valence-corrected chi connectivity index (χ1v) is 10.4. The number of aromatic nitrogens is 1. The standard InChI is InChI=1S/C27H21NO4/c1-16-14-25(30)32-27-19(16)12-13-24(31-17(2)29)22(27)15-21-20-10-6-7-11-23(20)28-26(21)18-8-4-3-5-9-18/h3-14,28H,15H2,1-2H3. The maximum absolute atomic E-state index is 12.2. The van der Waals surface area contributed by atoms with E-state index in [4.69, 9.17) is 9.15 Å². The number of benzene rings is 3. The van der Waals surface area contributed by atoms with E-state index in [2.05, 4.69) is 23.2 Å². The van der Waals surface area contributed by atoms with Crippen molar-refractivity contribution in [2.75, 3.05) is 0 Å². The van der Waals surface area contributed by atoms with E-state index < -0.39 is 11.6 Å². The van der Waals surface area contributed by atoms with Gasteiger partial charge in [-0.3, -0.25) is 4.79 Å². The van der Waals surface area contributed by atoms with Crippen LogP contribution in [0.1, 0.15) is 23.6 Å². The Morgan fingerprint density at radius 2 is 1.69 bits per heavy atom. The Morgan fingerprint density at radius 3 is 2.47 bits per heavy atom. The van der Waals surface area contributed by atoms with Crippen LogP contribution in [0.2, 0.25) is 0 Å². The number of carbonyl (C=O) groups excluding carboxylic acids is 1. The van der Waals surface area contributed by atoms with Gasteiger partial charge in [-0.2, -0.15) is 0 Å². The monoisotopic (exact) mass is 423 g/mol. The van der Waals surface area contributed by atoms with Crippen molar-refractivity contribution in [3.8, 4) is 17.0 Å². The molecule has 2 aromatic heterocycles. The second-order valence-electron chi connectivity index (χ2n) is 7.83. The molecular weight excluding hydrogens is 402 g/mol. The minimum Gasteiger partial charge on any atom is -0.426 e. The summed E-state index contributed by atoms with van der Waals surface area (Å²) in [6.45, 7) is 3.23. The summed E-state index contributed by atoms with van der Waals surface area (Å²) >= 11 is 0. The van der Waals surface area contributed by atoms with Crippen molar-refractivity contribution in [1.82, 2.24) is 4.98 Å². The number of fused-ring (bicyclic) bond motifs is 2. The van der Waals surface area contributed by atoms with Gasteiger partial charge in [0, 0.05) is 41.3 Å². The van der Waals surface area contributed by atoms with Gasteiger partial charge in [-0.25, -0.2) is 4.79 Å². The smallest absolute Gasteiger partial charge is 0.336 e. The van der Waals surface area contributed by atoms with Gasteiger partial charge in [0.25, 0.3) is 0 Å². The molecule has 5 rings (SSSR count). The van der Waals surface area contributed by atoms with Gasteiger partial charge < -0.3 is 14.1 Å². The fourth-order valence-electron chi connectivity index (χ4n) is 4.25. The van der Waals surface area contributed by atoms with Gasteiger partial charge >= 0.3 is 11.6 Å². The zero-order chi connectivity index (χ0) is 22.2. The highest BCUT2D eigenvalue weighted by molar-refractivity contribution is 5.93. The van der Waals surface area contributed by atoms with Crippen molar-refractivity contribution < 1.29 is 13.9 Å². The van der Waals surface area contributed by atoms with Crippen LogP contribution >= 0.6 is 0 Å². The van der Waals surface area contributed by atoms with Crippen LogP contribution in [0.4, 0.5) is 0 Å². The lowest BCUT2D eigenvalue weighted by atomic mass is 9.96. The Bertz CT molecular complexity index is 1530. The predicted octanol–water partition coefficient (Wildman–Crippen LogP) is 5.77. The van der Waals surface area contributed by atoms with Gasteiger partial charge in [0.1, 0.15) is 11.3 Å². The van der Waals surface area contributed by atoms with E-state index in [1.165, 1.54) is 13.0 Å². The molecule has 0 aliphatic rings. The number of nitrogens with one attached hydrogen (secondary N) is 1. The third-order valence-electron chi connectivity index (χ3n) is 5.66. The molecule has 0 spiro atoms. The molecule has 0 radical (unpaired) electrons. The van der Waals surface area contributed by atoms with Crippen LogP contribution in [-0.4, -0.2) is 11.0 Å². The Morgan fingerprint density at radius 1 is 0.938 bits per heavy atom. The summed E-state index contributed by atoms with van der Waals surface area (Å²) in [5, 5.41) is 1.88. The summed E-state index contributed by atoms with van der Waals surface area (Å²) in [4.78, 5) is 27.6. The molecule has 0 bridgehead atoms. The lowest BCUT2D eigenvalue weighted by Gasteiger charge is -2.13. The Hall–Kier alpha value is -4.12. The van der Waals surface area contributed by atoms with E-state index in [1.54, 1.807) is 6.07 Å². The summed E-state index contributed by atoms with van der Waals surface area (Å²) in [5.74, 6) is -0.0362. The molecule has 0 saturated carbocycles. The number of carbonyl (C=O) groups is 1. The number of esters is 1. The molecule has 5 aromatic rings. The van der Waals surface area contributed by atoms with Crippen LogP contribution in [0.15, 0.2) is 82.0 Å². The van der Waals surface area contributed by atoms with E-state index in [0.29, 0.717) is 23.3 Å². The van der Waals surface area contributed by atoms with Crippen molar-refractivity contribution in [3.63, 3.8) is 0 Å². The van der Waals surface area contributed by atoms with E-state index in [1.807, 2.05) is 49.4 Å². The summed E-state index contributed by atoms with van der Waals surface area (Å²) < 4.78 is 11.2. The summed E-state index contributed by atoms with van der Waals surface area (Å²) in [5.41, 5.74) is 5.56. The van der Waals surface area contributed by atoms with Gasteiger partial charge in [-0.1, -0.05) is 48.5 Å². The first-order valence-electron chi connectivity index (χ1n) is 10.4. The SMILES string of the molecule is CC(=O)Oc1ccc2c(C)cc(=O)oc2c1Cc1c(-c2ccccc2)[nH]c2ccccc12. The van der Waals surface area contributed by atoms with Crippen LogP contribution in [0.3, 0.4) is 0 Å². The number of aromatic amines is 1. The zero-order valence-electron chi connectivity index (χ0n) is 17.8. The minimum atomic E-state index is -0.432. The number of para-hydroxylation sites is 1. The van der Waals surface area contributed by atoms with E-state index in [9.17, 15) is 9.59 Å². The second-order valence-corrected chi connectivity index (χ2v) is 7.83. The Kier molecular flexibility index (Phi) is 4.86. The lowest BCUT2D eigenvalue weighted by Crippen LogP contribution is -2.07. The third kappa shape index (κ3) is 3.48. The highest BCUT2D eigenvalue weighted by Crippen LogP contribution is 2.37. The number of aryl methyl sites for hydroxylation is 1. The average molecular weight is 423 g/mol. The number of hydrogen-bond acceptors (Lipinski definition) is 4. The highest BCUT2D eigenvalue weighted by Gasteiger charge is 2.20. The predicted molar refractivity (Wildman–Crippen MR) is 125 cm³/mol. The summed E-state index contributed by atoms with van der Waals surface area (Å²) in [6.07, 6.45) is 0.417. The first-order chi connectivity index (χ1) is 15.5. The molecule has 0 saturated heterocycles. The molecule has 0 amide bonds. The van der Waals surface area contributed by atoms with Crippen molar-refractivity contribution in [2.45, 2.75) is 20.3 Å². The fraction of sp³-hybridized carbons (Fsp3) is 0.111. The maximum Gasteiger partial charge on any atom is 0.336 e. The van der Waals surface area contributed by atoms with Gasteiger partial charge in [-0.05, 0) is 41.8 Å². The zero-order valence-corrected chi connectivity index (χ0v) is 17.8. The van der Waals surface area contributed by atoms with Gasteiger partial charge in [0.15, 0.2) is 0 Å². The van der Waals surface area contributed by atoms with Crippen molar-refractivity contribution >= 4 is 27.8 Å². The molecule has 0 atom stereocenters. The fourth-order valence-corrected chi connectivity index (χ4v) is 4.25. The lowest BCUT2D eigenvalue weighted by molar-refractivity contribution is -0.131. The maximum atomic E-state index is 12.2. The van der Waals surface area contributed by atoms with E-state index in [-0.39, 0.29) is 0 Å². The van der Waals surface area contributed by atoms with Crippen molar-refractivity contribution in [3.05, 3.63) is 99.9 Å². The summed E-state index contributed by atoms with van der Waals surface area (Å²) in [7, 11) is 0. The van der Waals surface area contributed by atoms with E-state index >= 15 is 0 Å². The van der Waals surface area contributed by atoms with E-state index in [0.717, 1.165) is 38.7 Å². The minimum absolute atomic E-state index is 0.392. The molecule has 158 valence electrons. The van der Waals surface area contributed by atoms with Gasteiger partial charge in [0.05, 0.1) is 5.69 Å². The quantitative estimate of drug-likeness (QED) is 0.226. The second kappa shape index (κ2) is 7.85. The normalized spacial score (nSPS) is 11.2. The Balaban J connectivity index is 1.80. The molecule has 3 aromatic carbocycles. The molecule has 0 unspecified atom stereocenters. The highest BCUT2D eigenvalue weighted by atomic mass is 16.5.